The van der Waals surface area contributed by atoms with Crippen LogP contribution in [0.5, 0.6) is 17.2 Å². The lowest BCUT2D eigenvalue weighted by Gasteiger charge is -2.15. The first-order valence-corrected chi connectivity index (χ1v) is 5.82. The van der Waals surface area contributed by atoms with E-state index in [1.807, 2.05) is 0 Å². The predicted molar refractivity (Wildman–Crippen MR) is 65.7 cm³/mol. The largest absolute Gasteiger partial charge is 0.493 e. The van der Waals surface area contributed by atoms with E-state index in [-0.39, 0.29) is 30.3 Å². The Bertz CT molecular complexity index is 432. The lowest BCUT2D eigenvalue weighted by Crippen LogP contribution is -2.10. The van der Waals surface area contributed by atoms with Crippen LogP contribution in [0.25, 0.3) is 0 Å². The standard InChI is InChI=1S/C13H15F3O4/c1-18-10-6-9(8-17)7-11(19-2)12(10)20-5-3-4-13(14,15)16/h6-8H,3-5H2,1-2H3. The summed E-state index contributed by atoms with van der Waals surface area (Å²) in [6, 6.07) is 2.85. The molecule has 0 saturated heterocycles. The van der Waals surface area contributed by atoms with Crippen molar-refractivity contribution in [1.29, 1.82) is 0 Å². The Morgan fingerprint density at radius 2 is 1.70 bits per heavy atom. The van der Waals surface area contributed by atoms with Crippen LogP contribution in [0.15, 0.2) is 12.1 Å². The number of carbonyl (C=O) groups excluding carboxylic acids is 1. The molecule has 0 aliphatic heterocycles. The second kappa shape index (κ2) is 7.02. The highest BCUT2D eigenvalue weighted by Crippen LogP contribution is 2.38. The Balaban J connectivity index is 2.79. The number of halogens is 3. The van der Waals surface area contributed by atoms with Gasteiger partial charge in [0.15, 0.2) is 11.5 Å². The predicted octanol–water partition coefficient (Wildman–Crippen LogP) is 3.24. The van der Waals surface area contributed by atoms with Gasteiger partial charge >= 0.3 is 6.18 Å². The number of alkyl halides is 3. The van der Waals surface area contributed by atoms with E-state index >= 15 is 0 Å². The molecule has 4 nitrogen and oxygen atoms in total. The van der Waals surface area contributed by atoms with Gasteiger partial charge in [-0.25, -0.2) is 0 Å². The number of carbonyl (C=O) groups is 1. The number of aldehydes is 1. The maximum atomic E-state index is 12.0. The first-order chi connectivity index (χ1) is 9.41. The minimum absolute atomic E-state index is 0.132. The van der Waals surface area contributed by atoms with Crippen LogP contribution < -0.4 is 14.2 Å². The van der Waals surface area contributed by atoms with E-state index in [1.54, 1.807) is 0 Å². The topological polar surface area (TPSA) is 44.8 Å². The van der Waals surface area contributed by atoms with Crippen LogP contribution in [0.2, 0.25) is 0 Å². The molecule has 112 valence electrons. The van der Waals surface area contributed by atoms with Crippen molar-refractivity contribution in [3.8, 4) is 17.2 Å². The maximum Gasteiger partial charge on any atom is 0.389 e. The van der Waals surface area contributed by atoms with Crippen LogP contribution in [-0.4, -0.2) is 33.3 Å². The number of hydrogen-bond donors (Lipinski definition) is 0. The van der Waals surface area contributed by atoms with Gasteiger partial charge in [0.25, 0.3) is 0 Å². The Labute approximate surface area is 114 Å². The van der Waals surface area contributed by atoms with E-state index in [0.717, 1.165) is 0 Å². The average molecular weight is 292 g/mol. The van der Waals surface area contributed by atoms with Gasteiger partial charge in [-0.1, -0.05) is 0 Å². The van der Waals surface area contributed by atoms with E-state index in [1.165, 1.54) is 26.4 Å². The minimum Gasteiger partial charge on any atom is -0.493 e. The second-order valence-corrected chi connectivity index (χ2v) is 3.94. The maximum absolute atomic E-state index is 12.0. The van der Waals surface area contributed by atoms with Crippen molar-refractivity contribution in [2.75, 3.05) is 20.8 Å². The van der Waals surface area contributed by atoms with Gasteiger partial charge in [0, 0.05) is 12.0 Å². The summed E-state index contributed by atoms with van der Waals surface area (Å²) in [4.78, 5) is 10.7. The molecule has 0 radical (unpaired) electrons. The van der Waals surface area contributed by atoms with Crippen LogP contribution in [0, 0.1) is 0 Å². The molecule has 0 aliphatic carbocycles. The van der Waals surface area contributed by atoms with Gasteiger partial charge in [-0.2, -0.15) is 13.2 Å². The molecule has 0 aliphatic rings. The SMILES string of the molecule is COc1cc(C=O)cc(OC)c1OCCCC(F)(F)F. The highest BCUT2D eigenvalue weighted by atomic mass is 19.4. The summed E-state index contributed by atoms with van der Waals surface area (Å²) in [5, 5.41) is 0. The normalized spacial score (nSPS) is 11.1. The van der Waals surface area contributed by atoms with Gasteiger partial charge in [-0.05, 0) is 18.6 Å². The van der Waals surface area contributed by atoms with Crippen LogP contribution in [0.4, 0.5) is 13.2 Å². The highest BCUT2D eigenvalue weighted by Gasteiger charge is 2.26. The van der Waals surface area contributed by atoms with E-state index < -0.39 is 12.6 Å². The van der Waals surface area contributed by atoms with Crippen LogP contribution >= 0.6 is 0 Å². The summed E-state index contributed by atoms with van der Waals surface area (Å²) in [6.45, 7) is -0.132. The van der Waals surface area contributed by atoms with Crippen molar-refractivity contribution in [3.63, 3.8) is 0 Å². The fraction of sp³-hybridized carbons (Fsp3) is 0.462. The molecule has 0 saturated carbocycles. The molecule has 0 aromatic heterocycles. The van der Waals surface area contributed by atoms with Gasteiger partial charge in [-0.3, -0.25) is 4.79 Å². The van der Waals surface area contributed by atoms with Crippen LogP contribution in [0.1, 0.15) is 23.2 Å². The van der Waals surface area contributed by atoms with E-state index in [9.17, 15) is 18.0 Å². The van der Waals surface area contributed by atoms with Crippen molar-refractivity contribution >= 4 is 6.29 Å². The third-order valence-corrected chi connectivity index (χ3v) is 2.47. The number of rotatable bonds is 7. The van der Waals surface area contributed by atoms with E-state index in [2.05, 4.69) is 0 Å². The number of ether oxygens (including phenoxy) is 3. The van der Waals surface area contributed by atoms with Gasteiger partial charge in [0.2, 0.25) is 5.75 Å². The minimum atomic E-state index is -4.21. The Morgan fingerprint density at radius 3 is 2.10 bits per heavy atom. The summed E-state index contributed by atoms with van der Waals surface area (Å²) in [5.41, 5.74) is 0.321. The molecule has 1 aromatic carbocycles. The Kier molecular flexibility index (Phi) is 5.66. The third kappa shape index (κ3) is 4.64. The van der Waals surface area contributed by atoms with Gasteiger partial charge in [-0.15, -0.1) is 0 Å². The molecule has 0 N–H and O–H groups in total. The molecule has 1 aromatic rings. The Morgan fingerprint density at radius 1 is 1.15 bits per heavy atom. The lowest BCUT2D eigenvalue weighted by atomic mass is 10.2. The summed E-state index contributed by atoms with van der Waals surface area (Å²) < 4.78 is 51.4. The average Bonchev–Trinajstić information content (AvgIpc) is 2.41. The first kappa shape index (κ1) is 16.1. The molecule has 20 heavy (non-hydrogen) atoms. The molecule has 0 heterocycles. The lowest BCUT2D eigenvalue weighted by molar-refractivity contribution is -0.136. The molecule has 1 rings (SSSR count). The smallest absolute Gasteiger partial charge is 0.389 e. The van der Waals surface area contributed by atoms with Crippen LogP contribution in [0.3, 0.4) is 0 Å². The molecule has 0 bridgehead atoms. The molecule has 0 atom stereocenters. The molecule has 7 heteroatoms. The zero-order valence-corrected chi connectivity index (χ0v) is 11.1. The molecule has 0 fully saturated rings. The second-order valence-electron chi connectivity index (χ2n) is 3.94. The zero-order chi connectivity index (χ0) is 15.2. The summed E-state index contributed by atoms with van der Waals surface area (Å²) in [7, 11) is 2.73. The molecular formula is C13H15F3O4. The number of methoxy groups -OCH3 is 2. The summed E-state index contributed by atoms with van der Waals surface area (Å²) >= 11 is 0. The fourth-order valence-electron chi connectivity index (χ4n) is 1.56. The molecular weight excluding hydrogens is 277 g/mol. The van der Waals surface area contributed by atoms with E-state index in [0.29, 0.717) is 11.8 Å². The van der Waals surface area contributed by atoms with Crippen molar-refractivity contribution in [2.45, 2.75) is 19.0 Å². The molecule has 0 amide bonds. The number of hydrogen-bond acceptors (Lipinski definition) is 4. The molecule has 0 unspecified atom stereocenters. The van der Waals surface area contributed by atoms with Crippen LogP contribution in [-0.2, 0) is 0 Å². The first-order valence-electron chi connectivity index (χ1n) is 5.82. The van der Waals surface area contributed by atoms with Crippen molar-refractivity contribution in [1.82, 2.24) is 0 Å². The number of benzene rings is 1. The van der Waals surface area contributed by atoms with Crippen molar-refractivity contribution in [3.05, 3.63) is 17.7 Å². The van der Waals surface area contributed by atoms with Gasteiger partial charge < -0.3 is 14.2 Å². The summed E-state index contributed by atoms with van der Waals surface area (Å²) in [6.07, 6.45) is -4.70. The highest BCUT2D eigenvalue weighted by molar-refractivity contribution is 5.78. The zero-order valence-electron chi connectivity index (χ0n) is 11.1. The monoisotopic (exact) mass is 292 g/mol. The quantitative estimate of drug-likeness (QED) is 0.571. The van der Waals surface area contributed by atoms with E-state index in [4.69, 9.17) is 14.2 Å². The van der Waals surface area contributed by atoms with Gasteiger partial charge in [0.05, 0.1) is 20.8 Å². The molecule has 0 spiro atoms. The van der Waals surface area contributed by atoms with Crippen molar-refractivity contribution < 1.29 is 32.2 Å². The van der Waals surface area contributed by atoms with Crippen molar-refractivity contribution in [2.24, 2.45) is 0 Å². The fourth-order valence-corrected chi connectivity index (χ4v) is 1.56. The Hall–Kier alpha value is -1.92. The third-order valence-electron chi connectivity index (χ3n) is 2.47. The summed E-state index contributed by atoms with van der Waals surface area (Å²) in [5.74, 6) is 0.652. The van der Waals surface area contributed by atoms with Gasteiger partial charge in [0.1, 0.15) is 6.29 Å².